The largest absolute Gasteiger partial charge is 0.469 e. The molecule has 1 unspecified atom stereocenters. The fraction of sp³-hybridized carbons (Fsp3) is 0.267. The van der Waals surface area contributed by atoms with Gasteiger partial charge in [0.1, 0.15) is 5.76 Å². The fourth-order valence-corrected chi connectivity index (χ4v) is 3.09. The molecule has 2 aromatic rings. The third-order valence-corrected chi connectivity index (χ3v) is 4.11. The summed E-state index contributed by atoms with van der Waals surface area (Å²) in [5.41, 5.74) is 0.637. The van der Waals surface area contributed by atoms with Gasteiger partial charge in [0.15, 0.2) is 0 Å². The van der Waals surface area contributed by atoms with E-state index in [0.29, 0.717) is 5.56 Å². The van der Waals surface area contributed by atoms with E-state index in [1.165, 1.54) is 0 Å². The van der Waals surface area contributed by atoms with Crippen molar-refractivity contribution >= 4 is 37.8 Å². The minimum absolute atomic E-state index is 0.0729. The van der Waals surface area contributed by atoms with Gasteiger partial charge in [-0.15, -0.1) is 0 Å². The maximum atomic E-state index is 12.2. The van der Waals surface area contributed by atoms with Crippen molar-refractivity contribution in [3.05, 3.63) is 56.9 Å². The Kier molecular flexibility index (Phi) is 5.43. The lowest BCUT2D eigenvalue weighted by atomic mass is 10.1. The van der Waals surface area contributed by atoms with Crippen molar-refractivity contribution in [2.45, 2.75) is 25.8 Å². The molecule has 0 spiro atoms. The van der Waals surface area contributed by atoms with Crippen LogP contribution in [0.2, 0.25) is 0 Å². The van der Waals surface area contributed by atoms with Gasteiger partial charge in [0.25, 0.3) is 5.91 Å². The van der Waals surface area contributed by atoms with Crippen molar-refractivity contribution in [2.75, 3.05) is 0 Å². The van der Waals surface area contributed by atoms with E-state index in [1.54, 1.807) is 12.3 Å². The maximum Gasteiger partial charge on any atom is 0.252 e. The lowest BCUT2D eigenvalue weighted by Crippen LogP contribution is -2.33. The predicted molar refractivity (Wildman–Crippen MR) is 85.8 cm³/mol. The maximum absolute atomic E-state index is 12.2. The standard InChI is InChI=1S/C15H15Br2NO2/c1-10(4-6-12-3-2-8-20-12)18-15(19)13-7-5-11(16)9-14(13)17/h2-3,5,7-10H,4,6H2,1H3,(H,18,19). The van der Waals surface area contributed by atoms with Crippen molar-refractivity contribution in [1.82, 2.24) is 5.32 Å². The van der Waals surface area contributed by atoms with Crippen LogP contribution in [0.4, 0.5) is 0 Å². The summed E-state index contributed by atoms with van der Waals surface area (Å²) in [5.74, 6) is 0.868. The summed E-state index contributed by atoms with van der Waals surface area (Å²) in [6.07, 6.45) is 3.32. The molecule has 0 fully saturated rings. The average Bonchev–Trinajstić information content (AvgIpc) is 2.89. The van der Waals surface area contributed by atoms with Gasteiger partial charge >= 0.3 is 0 Å². The second kappa shape index (κ2) is 7.09. The van der Waals surface area contributed by atoms with Crippen molar-refractivity contribution in [3.8, 4) is 0 Å². The first-order chi connectivity index (χ1) is 9.56. The summed E-state index contributed by atoms with van der Waals surface area (Å²) >= 11 is 6.77. The molecule has 106 valence electrons. The van der Waals surface area contributed by atoms with Crippen LogP contribution in [0, 0.1) is 0 Å². The number of furan rings is 1. The minimum Gasteiger partial charge on any atom is -0.469 e. The first kappa shape index (κ1) is 15.3. The van der Waals surface area contributed by atoms with Gasteiger partial charge in [-0.05, 0) is 59.6 Å². The Morgan fingerprint density at radius 3 is 2.80 bits per heavy atom. The molecule has 0 bridgehead atoms. The number of nitrogens with one attached hydrogen (secondary N) is 1. The van der Waals surface area contributed by atoms with Gasteiger partial charge in [-0.2, -0.15) is 0 Å². The van der Waals surface area contributed by atoms with Crippen molar-refractivity contribution < 1.29 is 9.21 Å². The van der Waals surface area contributed by atoms with Crippen LogP contribution in [0.1, 0.15) is 29.5 Å². The molecule has 5 heteroatoms. The topological polar surface area (TPSA) is 42.2 Å². The smallest absolute Gasteiger partial charge is 0.252 e. The number of hydrogen-bond donors (Lipinski definition) is 1. The van der Waals surface area contributed by atoms with E-state index in [1.807, 2.05) is 31.2 Å². The van der Waals surface area contributed by atoms with Crippen molar-refractivity contribution in [3.63, 3.8) is 0 Å². The molecule has 1 aromatic heterocycles. The van der Waals surface area contributed by atoms with E-state index in [4.69, 9.17) is 4.42 Å². The van der Waals surface area contributed by atoms with Crippen LogP contribution in [0.15, 0.2) is 50.0 Å². The van der Waals surface area contributed by atoms with Crippen LogP contribution in [0.5, 0.6) is 0 Å². The number of benzene rings is 1. The van der Waals surface area contributed by atoms with Gasteiger partial charge in [-0.25, -0.2) is 0 Å². The van der Waals surface area contributed by atoms with E-state index < -0.39 is 0 Å². The molecule has 0 aliphatic rings. The zero-order chi connectivity index (χ0) is 14.5. The molecule has 0 aliphatic carbocycles. The average molecular weight is 401 g/mol. The SMILES string of the molecule is CC(CCc1ccco1)NC(=O)c1ccc(Br)cc1Br. The minimum atomic E-state index is -0.0729. The summed E-state index contributed by atoms with van der Waals surface area (Å²) in [6, 6.07) is 9.42. The third-order valence-electron chi connectivity index (χ3n) is 2.96. The summed E-state index contributed by atoms with van der Waals surface area (Å²) in [6.45, 7) is 1.99. The zero-order valence-electron chi connectivity index (χ0n) is 11.0. The molecular formula is C15H15Br2NO2. The number of hydrogen-bond acceptors (Lipinski definition) is 2. The molecule has 1 aromatic carbocycles. The molecule has 1 amide bonds. The number of amides is 1. The second-order valence-electron chi connectivity index (χ2n) is 4.62. The number of aryl methyl sites for hydroxylation is 1. The molecule has 0 radical (unpaired) electrons. The van der Waals surface area contributed by atoms with Crippen molar-refractivity contribution in [2.24, 2.45) is 0 Å². The quantitative estimate of drug-likeness (QED) is 0.799. The highest BCUT2D eigenvalue weighted by Crippen LogP contribution is 2.22. The molecule has 20 heavy (non-hydrogen) atoms. The predicted octanol–water partition coefficient (Wildman–Crippen LogP) is 4.56. The van der Waals surface area contributed by atoms with Crippen LogP contribution in [0.25, 0.3) is 0 Å². The molecule has 1 heterocycles. The van der Waals surface area contributed by atoms with E-state index in [9.17, 15) is 4.79 Å². The monoisotopic (exact) mass is 399 g/mol. The van der Waals surface area contributed by atoms with E-state index >= 15 is 0 Å². The normalized spacial score (nSPS) is 12.2. The van der Waals surface area contributed by atoms with Crippen LogP contribution < -0.4 is 5.32 Å². The van der Waals surface area contributed by atoms with E-state index in [2.05, 4.69) is 37.2 Å². The van der Waals surface area contributed by atoms with Crippen LogP contribution in [-0.4, -0.2) is 11.9 Å². The Bertz CT molecular complexity index is 582. The Hall–Kier alpha value is -1.07. The highest BCUT2D eigenvalue weighted by atomic mass is 79.9. The summed E-state index contributed by atoms with van der Waals surface area (Å²) in [7, 11) is 0. The highest BCUT2D eigenvalue weighted by Gasteiger charge is 2.13. The van der Waals surface area contributed by atoms with Gasteiger partial charge in [0.2, 0.25) is 0 Å². The second-order valence-corrected chi connectivity index (χ2v) is 6.39. The van der Waals surface area contributed by atoms with Gasteiger partial charge in [-0.1, -0.05) is 15.9 Å². The van der Waals surface area contributed by atoms with Gasteiger partial charge in [0, 0.05) is 21.4 Å². The van der Waals surface area contributed by atoms with Gasteiger partial charge in [0.05, 0.1) is 11.8 Å². The van der Waals surface area contributed by atoms with Gasteiger partial charge < -0.3 is 9.73 Å². The molecule has 0 aliphatic heterocycles. The summed E-state index contributed by atoms with van der Waals surface area (Å²) < 4.78 is 7.00. The summed E-state index contributed by atoms with van der Waals surface area (Å²) in [4.78, 5) is 12.2. The lowest BCUT2D eigenvalue weighted by Gasteiger charge is -2.14. The Balaban J connectivity index is 1.90. The number of rotatable bonds is 5. The Labute approximate surface area is 135 Å². The first-order valence-corrected chi connectivity index (χ1v) is 7.93. The molecule has 3 nitrogen and oxygen atoms in total. The number of halogens is 2. The molecule has 2 rings (SSSR count). The molecule has 0 saturated carbocycles. The third kappa shape index (κ3) is 4.21. The van der Waals surface area contributed by atoms with Crippen molar-refractivity contribution in [1.29, 1.82) is 0 Å². The van der Waals surface area contributed by atoms with E-state index in [0.717, 1.165) is 27.5 Å². The number of carbonyl (C=O) groups is 1. The Morgan fingerprint density at radius 1 is 1.35 bits per heavy atom. The highest BCUT2D eigenvalue weighted by molar-refractivity contribution is 9.11. The molecule has 0 saturated heterocycles. The van der Waals surface area contributed by atoms with Crippen LogP contribution in [-0.2, 0) is 6.42 Å². The van der Waals surface area contributed by atoms with E-state index in [-0.39, 0.29) is 11.9 Å². The Morgan fingerprint density at radius 2 is 2.15 bits per heavy atom. The molecule has 1 N–H and O–H groups in total. The van der Waals surface area contributed by atoms with Gasteiger partial charge in [-0.3, -0.25) is 4.79 Å². The fourth-order valence-electron chi connectivity index (χ4n) is 1.86. The lowest BCUT2D eigenvalue weighted by molar-refractivity contribution is 0.0937. The number of carbonyl (C=O) groups excluding carboxylic acids is 1. The molecular weight excluding hydrogens is 386 g/mol. The van der Waals surface area contributed by atoms with Crippen LogP contribution >= 0.6 is 31.9 Å². The zero-order valence-corrected chi connectivity index (χ0v) is 14.2. The van der Waals surface area contributed by atoms with Crippen LogP contribution in [0.3, 0.4) is 0 Å². The first-order valence-electron chi connectivity index (χ1n) is 6.34. The molecule has 1 atom stereocenters. The summed E-state index contributed by atoms with van der Waals surface area (Å²) in [5, 5.41) is 2.99.